The number of halogens is 1. The molecule has 0 bridgehead atoms. The molecule has 0 saturated heterocycles. The molecule has 0 fully saturated rings. The zero-order valence-electron chi connectivity index (χ0n) is 9.50. The highest BCUT2D eigenvalue weighted by Gasteiger charge is 2.06. The van der Waals surface area contributed by atoms with E-state index in [9.17, 15) is 9.18 Å². The van der Waals surface area contributed by atoms with E-state index < -0.39 is 11.5 Å². The molecule has 2 heterocycles. The Balaban J connectivity index is 1.98. The summed E-state index contributed by atoms with van der Waals surface area (Å²) in [5.74, 6) is -0.214. The zero-order chi connectivity index (χ0) is 13.4. The van der Waals surface area contributed by atoms with Gasteiger partial charge in [0.1, 0.15) is 11.6 Å². The van der Waals surface area contributed by atoms with Gasteiger partial charge in [0.15, 0.2) is 5.65 Å². The van der Waals surface area contributed by atoms with Crippen molar-refractivity contribution in [2.45, 2.75) is 0 Å². The van der Waals surface area contributed by atoms with Gasteiger partial charge in [-0.2, -0.15) is 9.61 Å². The van der Waals surface area contributed by atoms with Gasteiger partial charge in [-0.25, -0.2) is 14.3 Å². The van der Waals surface area contributed by atoms with Crippen molar-refractivity contribution in [2.24, 2.45) is 0 Å². The van der Waals surface area contributed by atoms with Crippen LogP contribution in [0, 0.1) is 5.82 Å². The number of hydrogen-bond acceptors (Lipinski definition) is 5. The van der Waals surface area contributed by atoms with Crippen molar-refractivity contribution in [3.63, 3.8) is 0 Å². The molecule has 96 valence electrons. The van der Waals surface area contributed by atoms with Gasteiger partial charge in [0.25, 0.3) is 0 Å². The maximum Gasteiger partial charge on any atom is 0.364 e. The van der Waals surface area contributed by atoms with Crippen molar-refractivity contribution >= 4 is 11.3 Å². The van der Waals surface area contributed by atoms with Crippen LogP contribution in [0.3, 0.4) is 0 Å². The number of H-pyrrole nitrogens is 1. The fourth-order valence-electron chi connectivity index (χ4n) is 1.53. The quantitative estimate of drug-likeness (QED) is 0.669. The van der Waals surface area contributed by atoms with Gasteiger partial charge >= 0.3 is 5.69 Å². The smallest absolute Gasteiger partial charge is 0.364 e. The van der Waals surface area contributed by atoms with Crippen molar-refractivity contribution in [3.05, 3.63) is 46.6 Å². The molecule has 0 amide bonds. The monoisotopic (exact) mass is 261 g/mol. The van der Waals surface area contributed by atoms with Crippen LogP contribution in [0.15, 0.2) is 35.1 Å². The van der Waals surface area contributed by atoms with Crippen LogP contribution in [-0.2, 0) is 0 Å². The summed E-state index contributed by atoms with van der Waals surface area (Å²) in [5, 5.41) is 9.89. The normalized spacial score (nSPS) is 10.8. The van der Waals surface area contributed by atoms with Gasteiger partial charge in [-0.05, 0) is 18.2 Å². The number of aromatic nitrogens is 4. The van der Waals surface area contributed by atoms with Gasteiger partial charge in [-0.15, -0.1) is 5.10 Å². The number of nitrogens with two attached hydrogens (primary N) is 1. The SMILES string of the molecule is Nc1ccc(Oc2ccc3n[nH]c(=O)n3n2)cc1F. The number of nitrogens with one attached hydrogen (secondary N) is 1. The number of ether oxygens (including phenoxy) is 1. The Kier molecular flexibility index (Phi) is 2.41. The van der Waals surface area contributed by atoms with E-state index in [0.717, 1.165) is 10.6 Å². The number of fused-ring (bicyclic) bond motifs is 1. The van der Waals surface area contributed by atoms with Crippen molar-refractivity contribution in [2.75, 3.05) is 5.73 Å². The molecule has 19 heavy (non-hydrogen) atoms. The van der Waals surface area contributed by atoms with Crippen LogP contribution >= 0.6 is 0 Å². The van der Waals surface area contributed by atoms with Crippen molar-refractivity contribution in [1.29, 1.82) is 0 Å². The molecule has 3 N–H and O–H groups in total. The molecular formula is C11H8FN5O2. The lowest BCUT2D eigenvalue weighted by Crippen LogP contribution is -2.12. The third kappa shape index (κ3) is 1.99. The van der Waals surface area contributed by atoms with Gasteiger partial charge in [0, 0.05) is 12.1 Å². The van der Waals surface area contributed by atoms with Gasteiger partial charge in [0.05, 0.1) is 5.69 Å². The number of anilines is 1. The highest BCUT2D eigenvalue weighted by Crippen LogP contribution is 2.22. The van der Waals surface area contributed by atoms with Crippen LogP contribution in [0.2, 0.25) is 0 Å². The minimum atomic E-state index is -0.584. The standard InChI is InChI=1S/C11H8FN5O2/c12-7-5-6(1-2-8(7)13)19-10-4-3-9-14-15-11(18)17(9)16-10/h1-5H,13H2,(H,15,18). The van der Waals surface area contributed by atoms with Gasteiger partial charge in [-0.3, -0.25) is 0 Å². The lowest BCUT2D eigenvalue weighted by atomic mass is 10.3. The third-order valence-electron chi connectivity index (χ3n) is 2.44. The Labute approximate surface area is 105 Å². The molecule has 2 aromatic heterocycles. The second kappa shape index (κ2) is 4.09. The molecule has 3 aromatic rings. The predicted molar refractivity (Wildman–Crippen MR) is 64.5 cm³/mol. The zero-order valence-corrected chi connectivity index (χ0v) is 9.50. The van der Waals surface area contributed by atoms with Gasteiger partial charge in [-0.1, -0.05) is 0 Å². The van der Waals surface area contributed by atoms with Crippen LogP contribution < -0.4 is 16.2 Å². The summed E-state index contributed by atoms with van der Waals surface area (Å²) >= 11 is 0. The first-order chi connectivity index (χ1) is 9.13. The molecule has 0 spiro atoms. The molecule has 7 nitrogen and oxygen atoms in total. The van der Waals surface area contributed by atoms with E-state index in [4.69, 9.17) is 10.5 Å². The average molecular weight is 261 g/mol. The summed E-state index contributed by atoms with van der Waals surface area (Å²) in [6.45, 7) is 0. The Bertz CT molecular complexity index is 810. The minimum Gasteiger partial charge on any atom is -0.437 e. The Morgan fingerprint density at radius 1 is 1.32 bits per heavy atom. The molecular weight excluding hydrogens is 253 g/mol. The largest absolute Gasteiger partial charge is 0.437 e. The summed E-state index contributed by atoms with van der Waals surface area (Å²) in [6.07, 6.45) is 0. The molecule has 0 atom stereocenters. The predicted octanol–water partition coefficient (Wildman–Crippen LogP) is 0.931. The number of aromatic amines is 1. The molecule has 0 aliphatic carbocycles. The van der Waals surface area contributed by atoms with Crippen LogP contribution in [0.25, 0.3) is 5.65 Å². The molecule has 0 aliphatic rings. The number of nitrogens with zero attached hydrogens (tertiary/aromatic N) is 3. The second-order valence-electron chi connectivity index (χ2n) is 3.76. The van der Waals surface area contributed by atoms with Gasteiger partial charge in [0.2, 0.25) is 5.88 Å². The van der Waals surface area contributed by atoms with Crippen molar-refractivity contribution in [1.82, 2.24) is 19.8 Å². The van der Waals surface area contributed by atoms with E-state index in [1.54, 1.807) is 6.07 Å². The Hall–Kier alpha value is -2.90. The topological polar surface area (TPSA) is 98.3 Å². The van der Waals surface area contributed by atoms with E-state index in [1.807, 2.05) is 0 Å². The molecule has 0 unspecified atom stereocenters. The minimum absolute atomic E-state index is 0.0295. The lowest BCUT2D eigenvalue weighted by Gasteiger charge is -2.05. The van der Waals surface area contributed by atoms with E-state index in [0.29, 0.717) is 5.65 Å². The van der Waals surface area contributed by atoms with E-state index in [-0.39, 0.29) is 17.3 Å². The van der Waals surface area contributed by atoms with E-state index >= 15 is 0 Å². The molecule has 0 aliphatic heterocycles. The fraction of sp³-hybridized carbons (Fsp3) is 0. The van der Waals surface area contributed by atoms with Crippen molar-refractivity contribution in [3.8, 4) is 11.6 Å². The first-order valence-corrected chi connectivity index (χ1v) is 5.31. The first-order valence-electron chi connectivity index (χ1n) is 5.31. The molecule has 1 aromatic carbocycles. The number of rotatable bonds is 2. The highest BCUT2D eigenvalue weighted by atomic mass is 19.1. The Morgan fingerprint density at radius 2 is 2.16 bits per heavy atom. The maximum atomic E-state index is 13.3. The second-order valence-corrected chi connectivity index (χ2v) is 3.76. The molecule has 0 saturated carbocycles. The number of hydrogen-bond donors (Lipinski definition) is 2. The summed E-state index contributed by atoms with van der Waals surface area (Å²) in [5.41, 5.74) is 5.27. The Morgan fingerprint density at radius 3 is 2.95 bits per heavy atom. The lowest BCUT2D eigenvalue weighted by molar-refractivity contribution is 0.447. The number of benzene rings is 1. The fourth-order valence-corrected chi connectivity index (χ4v) is 1.53. The first kappa shape index (κ1) is 11.2. The molecule has 0 radical (unpaired) electrons. The summed E-state index contributed by atoms with van der Waals surface area (Å²) < 4.78 is 19.6. The molecule has 3 rings (SSSR count). The summed E-state index contributed by atoms with van der Waals surface area (Å²) in [4.78, 5) is 11.3. The highest BCUT2D eigenvalue weighted by molar-refractivity contribution is 5.44. The van der Waals surface area contributed by atoms with Crippen LogP contribution in [0.5, 0.6) is 11.6 Å². The van der Waals surface area contributed by atoms with Gasteiger partial charge < -0.3 is 10.5 Å². The average Bonchev–Trinajstić information content (AvgIpc) is 2.76. The van der Waals surface area contributed by atoms with Crippen LogP contribution in [-0.4, -0.2) is 19.8 Å². The van der Waals surface area contributed by atoms with Crippen LogP contribution in [0.4, 0.5) is 10.1 Å². The van der Waals surface area contributed by atoms with Crippen LogP contribution in [0.1, 0.15) is 0 Å². The van der Waals surface area contributed by atoms with Crippen molar-refractivity contribution < 1.29 is 9.13 Å². The maximum absolute atomic E-state index is 13.3. The van der Waals surface area contributed by atoms with E-state index in [1.165, 1.54) is 18.2 Å². The molecule has 8 heteroatoms. The number of nitrogen functional groups attached to an aromatic ring is 1. The van der Waals surface area contributed by atoms with E-state index in [2.05, 4.69) is 15.3 Å². The third-order valence-corrected chi connectivity index (χ3v) is 2.44. The summed E-state index contributed by atoms with van der Waals surface area (Å²) in [6, 6.07) is 7.09. The summed E-state index contributed by atoms with van der Waals surface area (Å²) in [7, 11) is 0.